The molecule has 0 saturated carbocycles. The van der Waals surface area contributed by atoms with Crippen LogP contribution in [0.3, 0.4) is 0 Å². The normalized spacial score (nSPS) is 12.8. The lowest BCUT2D eigenvalue weighted by molar-refractivity contribution is 0.553. The summed E-state index contributed by atoms with van der Waals surface area (Å²) in [6.45, 7) is 2.06. The van der Waals surface area contributed by atoms with E-state index < -0.39 is 0 Å². The average Bonchev–Trinajstić information content (AvgIpc) is 2.22. The summed E-state index contributed by atoms with van der Waals surface area (Å²) in [4.78, 5) is 0. The highest BCUT2D eigenvalue weighted by molar-refractivity contribution is 6.31. The highest BCUT2D eigenvalue weighted by Gasteiger charge is 2.07. The summed E-state index contributed by atoms with van der Waals surface area (Å²) in [5.74, 6) is -0.215. The second kappa shape index (κ2) is 6.09. The summed E-state index contributed by atoms with van der Waals surface area (Å²) in [5.41, 5.74) is 6.40. The van der Waals surface area contributed by atoms with E-state index in [0.717, 1.165) is 19.3 Å². The zero-order valence-corrected chi connectivity index (χ0v) is 9.73. The summed E-state index contributed by atoms with van der Waals surface area (Å²) in [5, 5.41) is 0.514. The molecule has 0 fully saturated rings. The van der Waals surface area contributed by atoms with Crippen LogP contribution in [0.15, 0.2) is 18.2 Å². The molecular formula is C12H17ClFN. The molecule has 1 atom stereocenters. The molecule has 15 heavy (non-hydrogen) atoms. The number of hydrogen-bond donors (Lipinski definition) is 1. The molecule has 1 aromatic rings. The quantitative estimate of drug-likeness (QED) is 0.821. The first kappa shape index (κ1) is 12.5. The molecule has 1 aromatic carbocycles. The average molecular weight is 230 g/mol. The minimum atomic E-state index is -0.215. The highest BCUT2D eigenvalue weighted by atomic mass is 35.5. The molecule has 0 spiro atoms. The molecular weight excluding hydrogens is 213 g/mol. The van der Waals surface area contributed by atoms with Crippen LogP contribution in [0.5, 0.6) is 0 Å². The van der Waals surface area contributed by atoms with Gasteiger partial charge in [0, 0.05) is 16.6 Å². The van der Waals surface area contributed by atoms with Crippen molar-refractivity contribution in [2.75, 3.05) is 0 Å². The van der Waals surface area contributed by atoms with Gasteiger partial charge in [0.2, 0.25) is 0 Å². The van der Waals surface area contributed by atoms with Gasteiger partial charge in [-0.3, -0.25) is 0 Å². The molecule has 0 aliphatic rings. The van der Waals surface area contributed by atoms with Crippen molar-refractivity contribution in [3.8, 4) is 0 Å². The first-order valence-corrected chi connectivity index (χ1v) is 5.71. The number of rotatable bonds is 5. The molecule has 1 unspecified atom stereocenters. The third kappa shape index (κ3) is 3.80. The van der Waals surface area contributed by atoms with E-state index in [1.165, 1.54) is 6.07 Å². The van der Waals surface area contributed by atoms with Gasteiger partial charge in [-0.25, -0.2) is 4.39 Å². The molecule has 2 N–H and O–H groups in total. The number of nitrogens with two attached hydrogens (primary N) is 1. The number of halogens is 2. The Labute approximate surface area is 95.4 Å². The van der Waals surface area contributed by atoms with Gasteiger partial charge in [-0.1, -0.05) is 24.6 Å². The summed E-state index contributed by atoms with van der Waals surface area (Å²) in [6, 6.07) is 5.01. The van der Waals surface area contributed by atoms with Crippen LogP contribution in [0.25, 0.3) is 0 Å². The van der Waals surface area contributed by atoms with Crippen LogP contribution < -0.4 is 5.73 Å². The molecule has 1 nitrogen and oxygen atoms in total. The molecule has 0 amide bonds. The third-order valence-electron chi connectivity index (χ3n) is 2.59. The van der Waals surface area contributed by atoms with Crippen molar-refractivity contribution in [2.45, 2.75) is 38.6 Å². The fourth-order valence-corrected chi connectivity index (χ4v) is 1.77. The fourth-order valence-electron chi connectivity index (χ4n) is 1.52. The first-order chi connectivity index (χ1) is 7.15. The van der Waals surface area contributed by atoms with Gasteiger partial charge in [0.05, 0.1) is 0 Å². The van der Waals surface area contributed by atoms with Crippen LogP contribution in [0.2, 0.25) is 5.02 Å². The SMILES string of the molecule is CCC(N)CCCc1c(F)cccc1Cl. The Balaban J connectivity index is 2.50. The summed E-state index contributed by atoms with van der Waals surface area (Å²) >= 11 is 5.91. The molecule has 0 aliphatic heterocycles. The topological polar surface area (TPSA) is 26.0 Å². The molecule has 0 radical (unpaired) electrons. The summed E-state index contributed by atoms with van der Waals surface area (Å²) in [7, 11) is 0. The summed E-state index contributed by atoms with van der Waals surface area (Å²) < 4.78 is 13.3. The minimum Gasteiger partial charge on any atom is -0.328 e. The van der Waals surface area contributed by atoms with Crippen molar-refractivity contribution in [1.82, 2.24) is 0 Å². The molecule has 0 heterocycles. The van der Waals surface area contributed by atoms with Gasteiger partial charge >= 0.3 is 0 Å². The van der Waals surface area contributed by atoms with E-state index >= 15 is 0 Å². The van der Waals surface area contributed by atoms with E-state index in [9.17, 15) is 4.39 Å². The van der Waals surface area contributed by atoms with Crippen LogP contribution in [0.4, 0.5) is 4.39 Å². The molecule has 0 aromatic heterocycles. The predicted octanol–water partition coefficient (Wildman–Crippen LogP) is 3.54. The highest BCUT2D eigenvalue weighted by Crippen LogP contribution is 2.21. The summed E-state index contributed by atoms with van der Waals surface area (Å²) in [6.07, 6.45) is 3.43. The van der Waals surface area contributed by atoms with E-state index in [1.54, 1.807) is 12.1 Å². The molecule has 0 aliphatic carbocycles. The van der Waals surface area contributed by atoms with E-state index in [4.69, 9.17) is 17.3 Å². The van der Waals surface area contributed by atoms with Gasteiger partial charge in [0.1, 0.15) is 5.82 Å². The maximum Gasteiger partial charge on any atom is 0.127 e. The van der Waals surface area contributed by atoms with E-state index in [-0.39, 0.29) is 11.9 Å². The van der Waals surface area contributed by atoms with Crippen molar-refractivity contribution < 1.29 is 4.39 Å². The standard InChI is InChI=1S/C12H17ClFN/c1-2-9(15)5-3-6-10-11(13)7-4-8-12(10)14/h4,7-9H,2-3,5-6,15H2,1H3. The smallest absolute Gasteiger partial charge is 0.127 e. The fraction of sp³-hybridized carbons (Fsp3) is 0.500. The second-order valence-electron chi connectivity index (χ2n) is 3.76. The molecule has 84 valence electrons. The van der Waals surface area contributed by atoms with Gasteiger partial charge in [-0.2, -0.15) is 0 Å². The van der Waals surface area contributed by atoms with Gasteiger partial charge in [-0.05, 0) is 37.8 Å². The second-order valence-corrected chi connectivity index (χ2v) is 4.17. The van der Waals surface area contributed by atoms with E-state index in [1.807, 2.05) is 0 Å². The van der Waals surface area contributed by atoms with Gasteiger partial charge in [-0.15, -0.1) is 0 Å². The van der Waals surface area contributed by atoms with Crippen LogP contribution >= 0.6 is 11.6 Å². The number of benzene rings is 1. The maximum atomic E-state index is 13.3. The van der Waals surface area contributed by atoms with Crippen molar-refractivity contribution >= 4 is 11.6 Å². The van der Waals surface area contributed by atoms with Gasteiger partial charge in [0.15, 0.2) is 0 Å². The number of hydrogen-bond acceptors (Lipinski definition) is 1. The Morgan fingerprint density at radius 1 is 1.47 bits per heavy atom. The maximum absolute atomic E-state index is 13.3. The van der Waals surface area contributed by atoms with Crippen LogP contribution in [-0.4, -0.2) is 6.04 Å². The molecule has 0 bridgehead atoms. The largest absolute Gasteiger partial charge is 0.328 e. The minimum absolute atomic E-state index is 0.215. The van der Waals surface area contributed by atoms with Crippen molar-refractivity contribution in [1.29, 1.82) is 0 Å². The lowest BCUT2D eigenvalue weighted by Gasteiger charge is -2.09. The third-order valence-corrected chi connectivity index (χ3v) is 2.94. The van der Waals surface area contributed by atoms with E-state index in [2.05, 4.69) is 6.92 Å². The Hall–Kier alpha value is -0.600. The Morgan fingerprint density at radius 3 is 2.80 bits per heavy atom. The first-order valence-electron chi connectivity index (χ1n) is 5.33. The van der Waals surface area contributed by atoms with Crippen molar-refractivity contribution in [3.05, 3.63) is 34.6 Å². The molecule has 0 saturated heterocycles. The van der Waals surface area contributed by atoms with Crippen LogP contribution in [0.1, 0.15) is 31.7 Å². The lowest BCUT2D eigenvalue weighted by atomic mass is 10.0. The van der Waals surface area contributed by atoms with Crippen LogP contribution in [-0.2, 0) is 6.42 Å². The Kier molecular flexibility index (Phi) is 5.06. The predicted molar refractivity (Wildman–Crippen MR) is 62.6 cm³/mol. The lowest BCUT2D eigenvalue weighted by Crippen LogP contribution is -2.18. The Bertz CT molecular complexity index is 294. The van der Waals surface area contributed by atoms with Crippen molar-refractivity contribution in [2.24, 2.45) is 5.73 Å². The molecule has 3 heteroatoms. The van der Waals surface area contributed by atoms with Crippen LogP contribution in [0, 0.1) is 5.82 Å². The Morgan fingerprint density at radius 2 is 2.20 bits per heavy atom. The zero-order valence-electron chi connectivity index (χ0n) is 8.97. The monoisotopic (exact) mass is 229 g/mol. The zero-order chi connectivity index (χ0) is 11.3. The van der Waals surface area contributed by atoms with E-state index in [0.29, 0.717) is 17.0 Å². The van der Waals surface area contributed by atoms with Gasteiger partial charge in [0.25, 0.3) is 0 Å². The molecule has 1 rings (SSSR count). The van der Waals surface area contributed by atoms with Gasteiger partial charge < -0.3 is 5.73 Å². The van der Waals surface area contributed by atoms with Crippen molar-refractivity contribution in [3.63, 3.8) is 0 Å².